The topological polar surface area (TPSA) is 33.2 Å². The molecular formula is C20H23FN2O. The standard InChI is InChI=1S/C20H23FN2O/c21-17-10-8-16(9-11-17)19(15-18-7-3-4-12-22-18)20(24)23-13-5-1-2-6-14-23/h3-4,7-12,19H,1-2,5-6,13-15H2. The van der Waals surface area contributed by atoms with E-state index in [9.17, 15) is 9.18 Å². The van der Waals surface area contributed by atoms with Crippen molar-refractivity contribution in [3.63, 3.8) is 0 Å². The van der Waals surface area contributed by atoms with Gasteiger partial charge in [0.05, 0.1) is 5.92 Å². The summed E-state index contributed by atoms with van der Waals surface area (Å²) < 4.78 is 13.3. The Kier molecular flexibility index (Phi) is 5.57. The number of pyridine rings is 1. The van der Waals surface area contributed by atoms with Gasteiger partial charge in [-0.25, -0.2) is 4.39 Å². The summed E-state index contributed by atoms with van der Waals surface area (Å²) in [6, 6.07) is 12.0. The highest BCUT2D eigenvalue weighted by atomic mass is 19.1. The molecule has 0 radical (unpaired) electrons. The summed E-state index contributed by atoms with van der Waals surface area (Å²) in [6.45, 7) is 1.64. The number of amides is 1. The van der Waals surface area contributed by atoms with Crippen molar-refractivity contribution in [2.24, 2.45) is 0 Å². The minimum atomic E-state index is -0.307. The van der Waals surface area contributed by atoms with Gasteiger partial charge in [0.25, 0.3) is 0 Å². The lowest BCUT2D eigenvalue weighted by atomic mass is 9.92. The molecule has 126 valence electrons. The first kappa shape index (κ1) is 16.6. The number of rotatable bonds is 4. The van der Waals surface area contributed by atoms with Crippen LogP contribution in [0.1, 0.15) is 42.9 Å². The Balaban J connectivity index is 1.85. The highest BCUT2D eigenvalue weighted by molar-refractivity contribution is 5.84. The van der Waals surface area contributed by atoms with Gasteiger partial charge in [0.2, 0.25) is 5.91 Å². The van der Waals surface area contributed by atoms with Gasteiger partial charge in [0.1, 0.15) is 5.82 Å². The Morgan fingerprint density at radius 2 is 1.75 bits per heavy atom. The summed E-state index contributed by atoms with van der Waals surface area (Å²) in [6.07, 6.45) is 6.78. The minimum Gasteiger partial charge on any atom is -0.342 e. The van der Waals surface area contributed by atoms with Crippen molar-refractivity contribution in [1.82, 2.24) is 9.88 Å². The predicted molar refractivity (Wildman–Crippen MR) is 92.1 cm³/mol. The fourth-order valence-corrected chi connectivity index (χ4v) is 3.28. The molecule has 0 N–H and O–H groups in total. The molecule has 1 aliphatic heterocycles. The van der Waals surface area contributed by atoms with Gasteiger partial charge in [-0.05, 0) is 42.7 Å². The van der Waals surface area contributed by atoms with E-state index in [2.05, 4.69) is 4.98 Å². The fraction of sp³-hybridized carbons (Fsp3) is 0.400. The molecule has 1 fully saturated rings. The summed E-state index contributed by atoms with van der Waals surface area (Å²) in [5, 5.41) is 0. The van der Waals surface area contributed by atoms with E-state index in [1.807, 2.05) is 23.1 Å². The summed E-state index contributed by atoms with van der Waals surface area (Å²) >= 11 is 0. The van der Waals surface area contributed by atoms with Crippen LogP contribution < -0.4 is 0 Å². The first-order valence-electron chi connectivity index (χ1n) is 8.68. The normalized spacial score (nSPS) is 16.5. The monoisotopic (exact) mass is 326 g/mol. The van der Waals surface area contributed by atoms with Gasteiger partial charge >= 0.3 is 0 Å². The van der Waals surface area contributed by atoms with Crippen molar-refractivity contribution >= 4 is 5.91 Å². The minimum absolute atomic E-state index is 0.133. The third-order valence-corrected chi connectivity index (χ3v) is 4.63. The number of likely N-dealkylation sites (tertiary alicyclic amines) is 1. The van der Waals surface area contributed by atoms with E-state index in [1.54, 1.807) is 18.3 Å². The second-order valence-electron chi connectivity index (χ2n) is 6.37. The predicted octanol–water partition coefficient (Wildman–Crippen LogP) is 3.95. The van der Waals surface area contributed by atoms with Crippen molar-refractivity contribution in [1.29, 1.82) is 0 Å². The maximum absolute atomic E-state index is 13.3. The van der Waals surface area contributed by atoms with Crippen LogP contribution in [0.4, 0.5) is 4.39 Å². The van der Waals surface area contributed by atoms with Gasteiger partial charge in [-0.15, -0.1) is 0 Å². The average Bonchev–Trinajstić information content (AvgIpc) is 2.90. The highest BCUT2D eigenvalue weighted by Crippen LogP contribution is 2.25. The Hall–Kier alpha value is -2.23. The zero-order valence-electron chi connectivity index (χ0n) is 13.8. The quantitative estimate of drug-likeness (QED) is 0.852. The number of hydrogen-bond donors (Lipinski definition) is 0. The molecule has 1 aromatic carbocycles. The second-order valence-corrected chi connectivity index (χ2v) is 6.37. The number of carbonyl (C=O) groups excluding carboxylic acids is 1. The summed E-state index contributed by atoms with van der Waals surface area (Å²) in [7, 11) is 0. The van der Waals surface area contributed by atoms with E-state index in [4.69, 9.17) is 0 Å². The summed E-state index contributed by atoms with van der Waals surface area (Å²) in [5.74, 6) is -0.453. The number of nitrogens with zero attached hydrogens (tertiary/aromatic N) is 2. The first-order valence-corrected chi connectivity index (χ1v) is 8.68. The van der Waals surface area contributed by atoms with Gasteiger partial charge in [0, 0.05) is 31.4 Å². The number of benzene rings is 1. The van der Waals surface area contributed by atoms with Gasteiger partial charge < -0.3 is 4.90 Å². The van der Waals surface area contributed by atoms with Crippen LogP contribution in [0.2, 0.25) is 0 Å². The van der Waals surface area contributed by atoms with Gasteiger partial charge in [-0.1, -0.05) is 31.0 Å². The van der Waals surface area contributed by atoms with E-state index in [-0.39, 0.29) is 17.6 Å². The zero-order valence-corrected chi connectivity index (χ0v) is 13.8. The molecule has 3 rings (SSSR count). The van der Waals surface area contributed by atoms with Crippen LogP contribution in [-0.4, -0.2) is 28.9 Å². The van der Waals surface area contributed by atoms with Crippen LogP contribution in [0.25, 0.3) is 0 Å². The van der Waals surface area contributed by atoms with Crippen LogP contribution in [-0.2, 0) is 11.2 Å². The SMILES string of the molecule is O=C(C(Cc1ccccn1)c1ccc(F)cc1)N1CCCCCC1. The molecule has 1 aromatic heterocycles. The Bertz CT molecular complexity index is 649. The lowest BCUT2D eigenvalue weighted by Gasteiger charge is -2.26. The third kappa shape index (κ3) is 4.19. The molecule has 0 saturated carbocycles. The molecule has 0 spiro atoms. The van der Waals surface area contributed by atoms with Crippen molar-refractivity contribution in [2.75, 3.05) is 13.1 Å². The van der Waals surface area contributed by atoms with E-state index < -0.39 is 0 Å². The zero-order chi connectivity index (χ0) is 16.8. The number of halogens is 1. The molecule has 4 heteroatoms. The lowest BCUT2D eigenvalue weighted by Crippen LogP contribution is -2.36. The second kappa shape index (κ2) is 8.04. The van der Waals surface area contributed by atoms with Crippen molar-refractivity contribution < 1.29 is 9.18 Å². The molecule has 0 bridgehead atoms. The van der Waals surface area contributed by atoms with Crippen LogP contribution in [0.5, 0.6) is 0 Å². The van der Waals surface area contributed by atoms with E-state index in [0.717, 1.165) is 37.2 Å². The summed E-state index contributed by atoms with van der Waals surface area (Å²) in [4.78, 5) is 19.5. The number of carbonyl (C=O) groups is 1. The largest absolute Gasteiger partial charge is 0.342 e. The van der Waals surface area contributed by atoms with E-state index >= 15 is 0 Å². The molecule has 2 heterocycles. The maximum atomic E-state index is 13.3. The van der Waals surface area contributed by atoms with Crippen LogP contribution in [0, 0.1) is 5.82 Å². The third-order valence-electron chi connectivity index (χ3n) is 4.63. The smallest absolute Gasteiger partial charge is 0.230 e. The molecule has 1 saturated heterocycles. The number of hydrogen-bond acceptors (Lipinski definition) is 2. The van der Waals surface area contributed by atoms with Gasteiger partial charge in [-0.3, -0.25) is 9.78 Å². The molecule has 3 nitrogen and oxygen atoms in total. The van der Waals surface area contributed by atoms with Gasteiger partial charge in [0.15, 0.2) is 0 Å². The van der Waals surface area contributed by atoms with E-state index in [0.29, 0.717) is 6.42 Å². The van der Waals surface area contributed by atoms with Crippen molar-refractivity contribution in [3.8, 4) is 0 Å². The molecule has 1 aliphatic rings. The molecular weight excluding hydrogens is 303 g/mol. The molecule has 0 aliphatic carbocycles. The summed E-state index contributed by atoms with van der Waals surface area (Å²) in [5.41, 5.74) is 1.74. The highest BCUT2D eigenvalue weighted by Gasteiger charge is 2.27. The Labute approximate surface area is 142 Å². The van der Waals surface area contributed by atoms with Gasteiger partial charge in [-0.2, -0.15) is 0 Å². The number of aromatic nitrogens is 1. The van der Waals surface area contributed by atoms with Crippen molar-refractivity contribution in [2.45, 2.75) is 38.0 Å². The Morgan fingerprint density at radius 3 is 2.38 bits per heavy atom. The van der Waals surface area contributed by atoms with Crippen LogP contribution in [0.3, 0.4) is 0 Å². The van der Waals surface area contributed by atoms with E-state index in [1.165, 1.54) is 25.0 Å². The Morgan fingerprint density at radius 1 is 1.04 bits per heavy atom. The fourth-order valence-electron chi connectivity index (χ4n) is 3.28. The molecule has 1 unspecified atom stereocenters. The average molecular weight is 326 g/mol. The molecule has 1 amide bonds. The van der Waals surface area contributed by atoms with Crippen LogP contribution >= 0.6 is 0 Å². The maximum Gasteiger partial charge on any atom is 0.230 e. The first-order chi connectivity index (χ1) is 11.7. The van der Waals surface area contributed by atoms with Crippen LogP contribution in [0.15, 0.2) is 48.7 Å². The molecule has 2 aromatic rings. The molecule has 1 atom stereocenters. The lowest BCUT2D eigenvalue weighted by molar-refractivity contribution is -0.132. The molecule has 24 heavy (non-hydrogen) atoms. The van der Waals surface area contributed by atoms with Crippen molar-refractivity contribution in [3.05, 3.63) is 65.7 Å².